The van der Waals surface area contributed by atoms with Gasteiger partial charge in [0.2, 0.25) is 5.91 Å². The number of hydrogen-bond acceptors (Lipinski definition) is 4. The SMILES string of the molecule is CCCCC[C@@H](O)/C=C/[C@@H]1[C@@H](C/C=C\CCCC(=O)N(C)C)[C@@H](O)C[C@H]1O. The van der Waals surface area contributed by atoms with Gasteiger partial charge in [-0.25, -0.2) is 0 Å². The number of carbonyl (C=O) groups is 1. The maximum absolute atomic E-state index is 11.5. The highest BCUT2D eigenvalue weighted by Crippen LogP contribution is 2.36. The Labute approximate surface area is 164 Å². The van der Waals surface area contributed by atoms with Crippen molar-refractivity contribution in [1.82, 2.24) is 4.90 Å². The molecule has 0 aromatic heterocycles. The summed E-state index contributed by atoms with van der Waals surface area (Å²) < 4.78 is 0. The molecule has 0 aliphatic heterocycles. The summed E-state index contributed by atoms with van der Waals surface area (Å²) in [5.41, 5.74) is 0. The molecule has 5 heteroatoms. The maximum atomic E-state index is 11.5. The van der Waals surface area contributed by atoms with Gasteiger partial charge in [-0.05, 0) is 31.6 Å². The lowest BCUT2D eigenvalue weighted by Gasteiger charge is -2.19. The number of carbonyl (C=O) groups excluding carboxylic acids is 1. The summed E-state index contributed by atoms with van der Waals surface area (Å²) >= 11 is 0. The Morgan fingerprint density at radius 1 is 1.15 bits per heavy atom. The van der Waals surface area contributed by atoms with Crippen LogP contribution in [0.2, 0.25) is 0 Å². The molecule has 5 nitrogen and oxygen atoms in total. The van der Waals surface area contributed by atoms with E-state index in [1.807, 2.05) is 12.2 Å². The molecule has 3 N–H and O–H groups in total. The van der Waals surface area contributed by atoms with E-state index >= 15 is 0 Å². The molecule has 5 atom stereocenters. The van der Waals surface area contributed by atoms with Crippen molar-refractivity contribution in [2.75, 3.05) is 14.1 Å². The molecule has 1 fully saturated rings. The standard InChI is InChI=1S/C22H39NO4/c1-4-5-8-11-17(24)14-15-19-18(20(25)16-21(19)26)12-9-6-7-10-13-22(27)23(2)3/h6,9,14-15,17-21,24-26H,4-5,7-8,10-13,16H2,1-3H3/b9-6-,15-14+/t17-,18-,19-,20+,21-/m1/s1. The number of nitrogens with zero attached hydrogens (tertiary/aromatic N) is 1. The number of aliphatic hydroxyl groups is 3. The summed E-state index contributed by atoms with van der Waals surface area (Å²) in [4.78, 5) is 13.1. The lowest BCUT2D eigenvalue weighted by Crippen LogP contribution is -2.21. The molecule has 1 aliphatic carbocycles. The van der Waals surface area contributed by atoms with Crippen molar-refractivity contribution >= 4 is 5.91 Å². The molecule has 1 amide bonds. The van der Waals surface area contributed by atoms with Crippen molar-refractivity contribution in [3.63, 3.8) is 0 Å². The third-order valence-corrected chi connectivity index (χ3v) is 5.41. The second-order valence-corrected chi connectivity index (χ2v) is 7.95. The monoisotopic (exact) mass is 381 g/mol. The van der Waals surface area contributed by atoms with Crippen molar-refractivity contribution in [2.45, 2.75) is 83.0 Å². The first-order valence-electron chi connectivity index (χ1n) is 10.4. The Balaban J connectivity index is 2.44. The maximum Gasteiger partial charge on any atom is 0.222 e. The summed E-state index contributed by atoms with van der Waals surface area (Å²) in [7, 11) is 3.53. The van der Waals surface area contributed by atoms with E-state index in [1.54, 1.807) is 25.1 Å². The van der Waals surface area contributed by atoms with Gasteiger partial charge in [0, 0.05) is 32.9 Å². The molecule has 0 radical (unpaired) electrons. The summed E-state index contributed by atoms with van der Waals surface area (Å²) in [6, 6.07) is 0. The van der Waals surface area contributed by atoms with Crippen LogP contribution < -0.4 is 0 Å². The molecule has 1 aliphatic rings. The summed E-state index contributed by atoms with van der Waals surface area (Å²) in [5, 5.41) is 30.6. The average Bonchev–Trinajstić information content (AvgIpc) is 2.88. The third kappa shape index (κ3) is 9.04. The smallest absolute Gasteiger partial charge is 0.222 e. The second-order valence-electron chi connectivity index (χ2n) is 7.95. The number of aliphatic hydroxyl groups excluding tert-OH is 3. The van der Waals surface area contributed by atoms with E-state index in [0.29, 0.717) is 19.3 Å². The normalized spacial score (nSPS) is 26.9. The summed E-state index contributed by atoms with van der Waals surface area (Å²) in [5.74, 6) is -0.0139. The van der Waals surface area contributed by atoms with E-state index in [1.165, 1.54) is 0 Å². The van der Waals surface area contributed by atoms with Crippen molar-refractivity contribution in [2.24, 2.45) is 11.8 Å². The van der Waals surface area contributed by atoms with Gasteiger partial charge in [0.15, 0.2) is 0 Å². The van der Waals surface area contributed by atoms with Crippen molar-refractivity contribution in [3.05, 3.63) is 24.3 Å². The zero-order valence-corrected chi connectivity index (χ0v) is 17.3. The van der Waals surface area contributed by atoms with Crippen LogP contribution >= 0.6 is 0 Å². The van der Waals surface area contributed by atoms with Gasteiger partial charge in [0.25, 0.3) is 0 Å². The van der Waals surface area contributed by atoms with Gasteiger partial charge in [-0.2, -0.15) is 0 Å². The van der Waals surface area contributed by atoms with Gasteiger partial charge in [-0.1, -0.05) is 50.5 Å². The molecule has 0 aromatic rings. The van der Waals surface area contributed by atoms with E-state index in [0.717, 1.165) is 38.5 Å². The fourth-order valence-electron chi connectivity index (χ4n) is 3.63. The predicted molar refractivity (Wildman–Crippen MR) is 109 cm³/mol. The molecule has 0 saturated heterocycles. The number of unbranched alkanes of at least 4 members (excludes halogenated alkanes) is 3. The van der Waals surface area contributed by atoms with Crippen LogP contribution in [0.15, 0.2) is 24.3 Å². The van der Waals surface area contributed by atoms with E-state index in [-0.39, 0.29) is 17.7 Å². The molecule has 0 heterocycles. The first-order valence-corrected chi connectivity index (χ1v) is 10.4. The molecule has 0 unspecified atom stereocenters. The molecule has 1 saturated carbocycles. The van der Waals surface area contributed by atoms with Crippen LogP contribution in [0.1, 0.15) is 64.7 Å². The molecular formula is C22H39NO4. The van der Waals surface area contributed by atoms with Crippen LogP contribution in [0.5, 0.6) is 0 Å². The minimum absolute atomic E-state index is 0.0289. The highest BCUT2D eigenvalue weighted by atomic mass is 16.3. The van der Waals surface area contributed by atoms with Crippen LogP contribution in [0.3, 0.4) is 0 Å². The Bertz CT molecular complexity index is 475. The van der Waals surface area contributed by atoms with Crippen molar-refractivity contribution in [3.8, 4) is 0 Å². The third-order valence-electron chi connectivity index (χ3n) is 5.41. The van der Waals surface area contributed by atoms with E-state index < -0.39 is 18.3 Å². The van der Waals surface area contributed by atoms with Crippen LogP contribution in [0, 0.1) is 11.8 Å². The Hall–Kier alpha value is -1.17. The molecule has 27 heavy (non-hydrogen) atoms. The van der Waals surface area contributed by atoms with Gasteiger partial charge >= 0.3 is 0 Å². The number of rotatable bonds is 12. The quantitative estimate of drug-likeness (QED) is 0.358. The first kappa shape index (κ1) is 23.9. The predicted octanol–water partition coefficient (Wildman–Crippen LogP) is 3.05. The highest BCUT2D eigenvalue weighted by molar-refractivity contribution is 5.75. The molecule has 0 bridgehead atoms. The van der Waals surface area contributed by atoms with Gasteiger partial charge in [-0.15, -0.1) is 0 Å². The van der Waals surface area contributed by atoms with Gasteiger partial charge in [-0.3, -0.25) is 4.79 Å². The Morgan fingerprint density at radius 3 is 2.56 bits per heavy atom. The first-order chi connectivity index (χ1) is 12.9. The highest BCUT2D eigenvalue weighted by Gasteiger charge is 2.39. The van der Waals surface area contributed by atoms with Crippen molar-refractivity contribution in [1.29, 1.82) is 0 Å². The van der Waals surface area contributed by atoms with Gasteiger partial charge < -0.3 is 20.2 Å². The largest absolute Gasteiger partial charge is 0.393 e. The fourth-order valence-corrected chi connectivity index (χ4v) is 3.63. The lowest BCUT2D eigenvalue weighted by atomic mass is 9.89. The van der Waals surface area contributed by atoms with Crippen LogP contribution in [-0.4, -0.2) is 58.5 Å². The summed E-state index contributed by atoms with van der Waals surface area (Å²) in [6.07, 6.45) is 13.5. The van der Waals surface area contributed by atoms with Crippen LogP contribution in [0.4, 0.5) is 0 Å². The Morgan fingerprint density at radius 2 is 1.89 bits per heavy atom. The van der Waals surface area contributed by atoms with E-state index in [2.05, 4.69) is 13.0 Å². The van der Waals surface area contributed by atoms with E-state index in [4.69, 9.17) is 0 Å². The van der Waals surface area contributed by atoms with Crippen LogP contribution in [-0.2, 0) is 4.79 Å². The molecule has 1 rings (SSSR count). The second kappa shape index (κ2) is 13.1. The van der Waals surface area contributed by atoms with Crippen LogP contribution in [0.25, 0.3) is 0 Å². The minimum Gasteiger partial charge on any atom is -0.393 e. The van der Waals surface area contributed by atoms with Gasteiger partial charge in [0.1, 0.15) is 0 Å². The topological polar surface area (TPSA) is 81.0 Å². The zero-order valence-electron chi connectivity index (χ0n) is 17.3. The zero-order chi connectivity index (χ0) is 20.2. The number of amides is 1. The Kier molecular flexibility index (Phi) is 11.6. The van der Waals surface area contributed by atoms with E-state index in [9.17, 15) is 20.1 Å². The molecule has 156 valence electrons. The minimum atomic E-state index is -0.560. The molecular weight excluding hydrogens is 342 g/mol. The summed E-state index contributed by atoms with van der Waals surface area (Å²) in [6.45, 7) is 2.14. The molecule has 0 spiro atoms. The lowest BCUT2D eigenvalue weighted by molar-refractivity contribution is -0.128. The van der Waals surface area contributed by atoms with Crippen molar-refractivity contribution < 1.29 is 20.1 Å². The number of hydrogen-bond donors (Lipinski definition) is 3. The average molecular weight is 382 g/mol. The fraction of sp³-hybridized carbons (Fsp3) is 0.773. The van der Waals surface area contributed by atoms with Gasteiger partial charge in [0.05, 0.1) is 18.3 Å². The molecule has 0 aromatic carbocycles. The number of allylic oxidation sites excluding steroid dienone is 2.